The van der Waals surface area contributed by atoms with Crippen molar-refractivity contribution in [2.75, 3.05) is 12.4 Å². The number of hydrogen-bond donors (Lipinski definition) is 2. The Morgan fingerprint density at radius 2 is 2.05 bits per heavy atom. The monoisotopic (exact) mass is 276 g/mol. The van der Waals surface area contributed by atoms with Crippen LogP contribution < -0.4 is 5.32 Å². The summed E-state index contributed by atoms with van der Waals surface area (Å²) >= 11 is 0. The number of ether oxygens (including phenoxy) is 1. The summed E-state index contributed by atoms with van der Waals surface area (Å²) in [5, 5.41) is 14.7. The van der Waals surface area contributed by atoms with Gasteiger partial charge >= 0.3 is 0 Å². The number of nitrogens with one attached hydrogen (secondary N) is 1. The molecule has 0 heterocycles. The van der Waals surface area contributed by atoms with E-state index in [4.69, 9.17) is 9.94 Å². The van der Waals surface area contributed by atoms with Gasteiger partial charge in [0.05, 0.1) is 17.7 Å². The van der Waals surface area contributed by atoms with Gasteiger partial charge in [-0.2, -0.15) is 0 Å². The fourth-order valence-electron chi connectivity index (χ4n) is 2.37. The van der Waals surface area contributed by atoms with Crippen molar-refractivity contribution in [3.05, 3.63) is 29.8 Å². The number of methoxy groups -OCH3 is 1. The summed E-state index contributed by atoms with van der Waals surface area (Å²) in [5.41, 5.74) is 1.83. The largest absolute Gasteiger partial charge is 0.411 e. The lowest BCUT2D eigenvalue weighted by atomic mass is 9.77. The van der Waals surface area contributed by atoms with Crippen molar-refractivity contribution in [2.45, 2.75) is 38.2 Å². The number of oxime groups is 1. The fourth-order valence-corrected chi connectivity index (χ4v) is 2.37. The van der Waals surface area contributed by atoms with Crippen molar-refractivity contribution in [1.82, 2.24) is 0 Å². The van der Waals surface area contributed by atoms with E-state index in [9.17, 15) is 4.79 Å². The van der Waals surface area contributed by atoms with E-state index in [1.54, 1.807) is 38.3 Å². The first-order valence-corrected chi connectivity index (χ1v) is 6.73. The first-order chi connectivity index (χ1) is 9.58. The molecule has 2 rings (SSSR count). The van der Waals surface area contributed by atoms with Gasteiger partial charge in [0.2, 0.25) is 5.91 Å². The van der Waals surface area contributed by atoms with E-state index in [0.717, 1.165) is 30.5 Å². The summed E-state index contributed by atoms with van der Waals surface area (Å²) in [5.74, 6) is -0.0353. The average molecular weight is 276 g/mol. The molecule has 108 valence electrons. The average Bonchev–Trinajstić information content (AvgIpc) is 2.43. The standard InChI is InChI=1S/C15H20N2O3/c1-11(17-19)12-4-6-13(7-5-12)16-14(18)10-15(20-2)8-3-9-15/h4-7,19H,3,8-10H2,1-2H3,(H,16,18)/b17-11+. The Hall–Kier alpha value is -1.88. The maximum Gasteiger partial charge on any atom is 0.227 e. The van der Waals surface area contributed by atoms with E-state index >= 15 is 0 Å². The van der Waals surface area contributed by atoms with Gasteiger partial charge in [-0.15, -0.1) is 0 Å². The van der Waals surface area contributed by atoms with E-state index in [-0.39, 0.29) is 11.5 Å². The van der Waals surface area contributed by atoms with Gasteiger partial charge in [-0.25, -0.2) is 0 Å². The molecule has 5 nitrogen and oxygen atoms in total. The molecule has 0 atom stereocenters. The van der Waals surface area contributed by atoms with Crippen LogP contribution in [0, 0.1) is 0 Å². The number of carbonyl (C=O) groups excluding carboxylic acids is 1. The lowest BCUT2D eigenvalue weighted by Crippen LogP contribution is -2.42. The molecule has 1 fully saturated rings. The zero-order chi connectivity index (χ0) is 14.6. The summed E-state index contributed by atoms with van der Waals surface area (Å²) in [7, 11) is 1.66. The first kappa shape index (κ1) is 14.5. The Labute approximate surface area is 118 Å². The summed E-state index contributed by atoms with van der Waals surface area (Å²) in [6.07, 6.45) is 3.40. The van der Waals surface area contributed by atoms with Crippen molar-refractivity contribution >= 4 is 17.3 Å². The second kappa shape index (κ2) is 6.05. The highest BCUT2D eigenvalue weighted by Crippen LogP contribution is 2.38. The Morgan fingerprint density at radius 1 is 1.40 bits per heavy atom. The van der Waals surface area contributed by atoms with Crippen LogP contribution in [-0.2, 0) is 9.53 Å². The van der Waals surface area contributed by atoms with E-state index < -0.39 is 0 Å². The molecule has 0 saturated heterocycles. The van der Waals surface area contributed by atoms with Gasteiger partial charge in [0.25, 0.3) is 0 Å². The molecule has 5 heteroatoms. The molecular weight excluding hydrogens is 256 g/mol. The number of anilines is 1. The highest BCUT2D eigenvalue weighted by atomic mass is 16.5. The van der Waals surface area contributed by atoms with Crippen LogP contribution in [0.2, 0.25) is 0 Å². The lowest BCUT2D eigenvalue weighted by molar-refractivity contribution is -0.129. The molecule has 1 aromatic carbocycles. The quantitative estimate of drug-likeness (QED) is 0.493. The molecular formula is C15H20N2O3. The Bertz CT molecular complexity index is 499. The minimum Gasteiger partial charge on any atom is -0.411 e. The van der Waals surface area contributed by atoms with Crippen LogP contribution in [0.25, 0.3) is 0 Å². The fraction of sp³-hybridized carbons (Fsp3) is 0.467. The molecule has 0 aliphatic heterocycles. The van der Waals surface area contributed by atoms with Gasteiger partial charge in [0, 0.05) is 12.8 Å². The van der Waals surface area contributed by atoms with Crippen LogP contribution in [0.1, 0.15) is 38.2 Å². The van der Waals surface area contributed by atoms with Crippen LogP contribution in [0.15, 0.2) is 29.4 Å². The summed E-state index contributed by atoms with van der Waals surface area (Å²) in [6.45, 7) is 1.71. The van der Waals surface area contributed by atoms with Crippen molar-refractivity contribution in [2.24, 2.45) is 5.16 Å². The molecule has 1 aromatic rings. The Kier molecular flexibility index (Phi) is 4.39. The van der Waals surface area contributed by atoms with Crippen LogP contribution in [0.5, 0.6) is 0 Å². The third-order valence-electron chi connectivity index (χ3n) is 3.92. The first-order valence-electron chi connectivity index (χ1n) is 6.73. The molecule has 1 aliphatic carbocycles. The van der Waals surface area contributed by atoms with E-state index in [0.29, 0.717) is 12.1 Å². The topological polar surface area (TPSA) is 70.9 Å². The summed E-state index contributed by atoms with van der Waals surface area (Å²) in [6, 6.07) is 7.20. The zero-order valence-electron chi connectivity index (χ0n) is 11.8. The van der Waals surface area contributed by atoms with Crippen LogP contribution in [0.3, 0.4) is 0 Å². The van der Waals surface area contributed by atoms with Gasteiger partial charge in [0.1, 0.15) is 0 Å². The third kappa shape index (κ3) is 3.17. The highest BCUT2D eigenvalue weighted by molar-refractivity contribution is 5.99. The number of amides is 1. The number of rotatable bonds is 5. The number of hydrogen-bond acceptors (Lipinski definition) is 4. The SMILES string of the molecule is COC1(CC(=O)Nc2ccc(/C(C)=N/O)cc2)CCC1. The van der Waals surface area contributed by atoms with Gasteiger partial charge in [-0.05, 0) is 43.9 Å². The normalized spacial score (nSPS) is 17.4. The minimum absolute atomic E-state index is 0.0353. The zero-order valence-corrected chi connectivity index (χ0v) is 11.8. The van der Waals surface area contributed by atoms with E-state index in [2.05, 4.69) is 10.5 Å². The van der Waals surface area contributed by atoms with Gasteiger partial charge in [-0.1, -0.05) is 17.3 Å². The van der Waals surface area contributed by atoms with Crippen LogP contribution in [0.4, 0.5) is 5.69 Å². The maximum atomic E-state index is 12.0. The second-order valence-corrected chi connectivity index (χ2v) is 5.23. The summed E-state index contributed by atoms with van der Waals surface area (Å²) in [4.78, 5) is 12.0. The Morgan fingerprint density at radius 3 is 2.50 bits per heavy atom. The smallest absolute Gasteiger partial charge is 0.227 e. The predicted octanol–water partition coefficient (Wildman–Crippen LogP) is 2.78. The molecule has 0 unspecified atom stereocenters. The number of benzene rings is 1. The predicted molar refractivity (Wildman–Crippen MR) is 77.3 cm³/mol. The second-order valence-electron chi connectivity index (χ2n) is 5.23. The van der Waals surface area contributed by atoms with Gasteiger partial charge in [0.15, 0.2) is 0 Å². The van der Waals surface area contributed by atoms with E-state index in [1.807, 2.05) is 0 Å². The molecule has 1 amide bonds. The van der Waals surface area contributed by atoms with Gasteiger partial charge in [-0.3, -0.25) is 4.79 Å². The Balaban J connectivity index is 1.94. The van der Waals surface area contributed by atoms with Crippen LogP contribution >= 0.6 is 0 Å². The number of nitrogens with zero attached hydrogens (tertiary/aromatic N) is 1. The molecule has 2 N–H and O–H groups in total. The molecule has 20 heavy (non-hydrogen) atoms. The molecule has 0 radical (unpaired) electrons. The van der Waals surface area contributed by atoms with Crippen molar-refractivity contribution in [3.63, 3.8) is 0 Å². The highest BCUT2D eigenvalue weighted by Gasteiger charge is 2.38. The number of carbonyl (C=O) groups is 1. The third-order valence-corrected chi connectivity index (χ3v) is 3.92. The molecule has 0 aromatic heterocycles. The summed E-state index contributed by atoms with van der Waals surface area (Å²) < 4.78 is 5.44. The van der Waals surface area contributed by atoms with Crippen LogP contribution in [-0.4, -0.2) is 29.5 Å². The maximum absolute atomic E-state index is 12.0. The molecule has 1 saturated carbocycles. The minimum atomic E-state index is -0.260. The lowest BCUT2D eigenvalue weighted by Gasteiger charge is -2.39. The molecule has 0 bridgehead atoms. The van der Waals surface area contributed by atoms with Crippen molar-refractivity contribution < 1.29 is 14.7 Å². The molecule has 1 aliphatic rings. The van der Waals surface area contributed by atoms with E-state index in [1.165, 1.54) is 0 Å². The van der Waals surface area contributed by atoms with Crippen molar-refractivity contribution in [3.8, 4) is 0 Å². The molecule has 0 spiro atoms. The van der Waals surface area contributed by atoms with Crippen molar-refractivity contribution in [1.29, 1.82) is 0 Å². The van der Waals surface area contributed by atoms with Gasteiger partial charge < -0.3 is 15.3 Å².